The number of hydrogen-bond donors (Lipinski definition) is 1. The van der Waals surface area contributed by atoms with E-state index in [1.807, 2.05) is 6.07 Å². The fourth-order valence-electron chi connectivity index (χ4n) is 1.92. The van der Waals surface area contributed by atoms with E-state index in [-0.39, 0.29) is 12.4 Å². The van der Waals surface area contributed by atoms with Crippen molar-refractivity contribution < 1.29 is 9.90 Å². The summed E-state index contributed by atoms with van der Waals surface area (Å²) in [6, 6.07) is 3.63. The van der Waals surface area contributed by atoms with Crippen molar-refractivity contribution in [1.82, 2.24) is 4.90 Å². The van der Waals surface area contributed by atoms with Gasteiger partial charge in [-0.3, -0.25) is 4.90 Å². The molecule has 0 bridgehead atoms. The number of halogens is 1. The number of nitrogens with zero attached hydrogens (tertiary/aromatic N) is 1. The Bertz CT molecular complexity index is 348. The molecular weight excluding hydrogens is 246 g/mol. The Hall–Kier alpha value is -0.580. The second-order valence-corrected chi connectivity index (χ2v) is 5.08. The monoisotopic (exact) mass is 261 g/mol. The predicted molar refractivity (Wildman–Crippen MR) is 67.7 cm³/mol. The van der Waals surface area contributed by atoms with Gasteiger partial charge in [-0.2, -0.15) is 0 Å². The van der Waals surface area contributed by atoms with E-state index in [1.165, 1.54) is 30.6 Å². The van der Waals surface area contributed by atoms with Gasteiger partial charge < -0.3 is 5.11 Å². The van der Waals surface area contributed by atoms with Crippen LogP contribution in [-0.2, 0) is 6.54 Å². The van der Waals surface area contributed by atoms with E-state index in [2.05, 4.69) is 4.90 Å². The summed E-state index contributed by atoms with van der Waals surface area (Å²) in [5.41, 5.74) is 0. The molecular formula is C11H16ClNO2S. The van der Waals surface area contributed by atoms with E-state index in [9.17, 15) is 4.79 Å². The van der Waals surface area contributed by atoms with Gasteiger partial charge in [0.15, 0.2) is 0 Å². The van der Waals surface area contributed by atoms with Crippen LogP contribution >= 0.6 is 23.7 Å². The topological polar surface area (TPSA) is 40.5 Å². The highest BCUT2D eigenvalue weighted by Crippen LogP contribution is 2.20. The molecule has 0 radical (unpaired) electrons. The van der Waals surface area contributed by atoms with Crippen LogP contribution in [-0.4, -0.2) is 29.1 Å². The maximum Gasteiger partial charge on any atom is 0.345 e. The normalized spacial score (nSPS) is 16.8. The largest absolute Gasteiger partial charge is 0.477 e. The van der Waals surface area contributed by atoms with E-state index in [1.54, 1.807) is 6.07 Å². The van der Waals surface area contributed by atoms with Crippen LogP contribution < -0.4 is 0 Å². The van der Waals surface area contributed by atoms with Gasteiger partial charge in [0.1, 0.15) is 4.88 Å². The molecule has 0 saturated carbocycles. The summed E-state index contributed by atoms with van der Waals surface area (Å²) >= 11 is 1.39. The number of carbonyl (C=O) groups is 1. The van der Waals surface area contributed by atoms with Crippen molar-refractivity contribution >= 4 is 29.7 Å². The van der Waals surface area contributed by atoms with Gasteiger partial charge in [-0.25, -0.2) is 4.79 Å². The summed E-state index contributed by atoms with van der Waals surface area (Å²) in [4.78, 5) is 14.7. The van der Waals surface area contributed by atoms with E-state index in [0.717, 1.165) is 24.5 Å². The third kappa shape index (κ3) is 3.47. The van der Waals surface area contributed by atoms with E-state index >= 15 is 0 Å². The molecule has 2 rings (SSSR count). The van der Waals surface area contributed by atoms with Crippen molar-refractivity contribution in [3.8, 4) is 0 Å². The molecule has 0 unspecified atom stereocenters. The van der Waals surface area contributed by atoms with Gasteiger partial charge in [-0.1, -0.05) is 6.42 Å². The smallest absolute Gasteiger partial charge is 0.345 e. The zero-order valence-electron chi connectivity index (χ0n) is 9.02. The van der Waals surface area contributed by atoms with Crippen molar-refractivity contribution in [1.29, 1.82) is 0 Å². The number of aromatic carboxylic acids is 1. The predicted octanol–water partition coefficient (Wildman–Crippen LogP) is 2.85. The molecule has 0 aliphatic carbocycles. The molecule has 0 atom stereocenters. The lowest BCUT2D eigenvalue weighted by Gasteiger charge is -2.25. The molecule has 1 aliphatic rings. The first-order valence-corrected chi connectivity index (χ1v) is 6.12. The van der Waals surface area contributed by atoms with Gasteiger partial charge in [0.25, 0.3) is 0 Å². The number of rotatable bonds is 3. The van der Waals surface area contributed by atoms with Gasteiger partial charge in [0.2, 0.25) is 0 Å². The summed E-state index contributed by atoms with van der Waals surface area (Å²) in [6.07, 6.45) is 3.88. The number of carboxylic acid groups (broad SMARTS) is 1. The Morgan fingerprint density at radius 1 is 1.31 bits per heavy atom. The second-order valence-electron chi connectivity index (χ2n) is 3.91. The Morgan fingerprint density at radius 3 is 2.56 bits per heavy atom. The maximum atomic E-state index is 10.7. The first-order chi connectivity index (χ1) is 7.25. The van der Waals surface area contributed by atoms with Crippen molar-refractivity contribution in [3.63, 3.8) is 0 Å². The van der Waals surface area contributed by atoms with Crippen LogP contribution in [0.25, 0.3) is 0 Å². The lowest BCUT2D eigenvalue weighted by atomic mass is 10.1. The minimum Gasteiger partial charge on any atom is -0.477 e. The van der Waals surface area contributed by atoms with Gasteiger partial charge >= 0.3 is 5.97 Å². The molecule has 1 aliphatic heterocycles. The minimum absolute atomic E-state index is 0. The lowest BCUT2D eigenvalue weighted by molar-refractivity contribution is 0.0702. The Balaban J connectivity index is 0.00000128. The summed E-state index contributed by atoms with van der Waals surface area (Å²) in [7, 11) is 0. The highest BCUT2D eigenvalue weighted by atomic mass is 35.5. The van der Waals surface area contributed by atoms with Gasteiger partial charge in [-0.15, -0.1) is 23.7 Å². The third-order valence-corrected chi connectivity index (χ3v) is 3.76. The van der Waals surface area contributed by atoms with Crippen LogP contribution in [0, 0.1) is 0 Å². The van der Waals surface area contributed by atoms with Crippen molar-refractivity contribution in [3.05, 3.63) is 21.9 Å². The summed E-state index contributed by atoms with van der Waals surface area (Å²) < 4.78 is 0. The molecule has 1 saturated heterocycles. The average Bonchev–Trinajstić information content (AvgIpc) is 2.68. The van der Waals surface area contributed by atoms with Gasteiger partial charge in [-0.05, 0) is 38.1 Å². The third-order valence-electron chi connectivity index (χ3n) is 2.70. The Morgan fingerprint density at radius 2 is 2.00 bits per heavy atom. The van der Waals surface area contributed by atoms with Crippen LogP contribution in [0.1, 0.15) is 33.8 Å². The number of piperidine rings is 1. The van der Waals surface area contributed by atoms with Crippen LogP contribution in [0.4, 0.5) is 0 Å². The second kappa shape index (κ2) is 6.23. The fraction of sp³-hybridized carbons (Fsp3) is 0.545. The molecule has 0 spiro atoms. The first kappa shape index (κ1) is 13.5. The Labute approximate surface area is 105 Å². The van der Waals surface area contributed by atoms with E-state index in [0.29, 0.717) is 4.88 Å². The summed E-state index contributed by atoms with van der Waals surface area (Å²) in [5.74, 6) is -0.815. The zero-order valence-corrected chi connectivity index (χ0v) is 10.6. The van der Waals surface area contributed by atoms with Crippen LogP contribution in [0.2, 0.25) is 0 Å². The van der Waals surface area contributed by atoms with Crippen molar-refractivity contribution in [2.45, 2.75) is 25.8 Å². The van der Waals surface area contributed by atoms with Gasteiger partial charge in [0, 0.05) is 11.4 Å². The quantitative estimate of drug-likeness (QED) is 0.910. The van der Waals surface area contributed by atoms with Crippen molar-refractivity contribution in [2.75, 3.05) is 13.1 Å². The standard InChI is InChI=1S/C11H15NO2S.ClH/c13-11(14)10-5-4-9(15-10)8-12-6-2-1-3-7-12;/h4-5H,1-3,6-8H2,(H,13,14);1H. The van der Waals surface area contributed by atoms with E-state index in [4.69, 9.17) is 5.11 Å². The fourth-order valence-corrected chi connectivity index (χ4v) is 2.80. The van der Waals surface area contributed by atoms with Gasteiger partial charge in [0.05, 0.1) is 0 Å². The number of carboxylic acids is 1. The van der Waals surface area contributed by atoms with Crippen LogP contribution in [0.15, 0.2) is 12.1 Å². The SMILES string of the molecule is Cl.O=C(O)c1ccc(CN2CCCCC2)s1. The molecule has 0 amide bonds. The minimum atomic E-state index is -0.815. The summed E-state index contributed by atoms with van der Waals surface area (Å²) in [6.45, 7) is 3.22. The zero-order chi connectivity index (χ0) is 10.7. The highest BCUT2D eigenvalue weighted by Gasteiger charge is 2.13. The van der Waals surface area contributed by atoms with Crippen LogP contribution in [0.5, 0.6) is 0 Å². The molecule has 16 heavy (non-hydrogen) atoms. The number of hydrogen-bond acceptors (Lipinski definition) is 3. The molecule has 5 heteroatoms. The average molecular weight is 262 g/mol. The van der Waals surface area contributed by atoms with E-state index < -0.39 is 5.97 Å². The molecule has 1 N–H and O–H groups in total. The maximum absolute atomic E-state index is 10.7. The number of thiophene rings is 1. The summed E-state index contributed by atoms with van der Waals surface area (Å²) in [5, 5.41) is 8.80. The Kier molecular flexibility index (Phi) is 5.25. The molecule has 1 aromatic heterocycles. The molecule has 0 aromatic carbocycles. The number of likely N-dealkylation sites (tertiary alicyclic amines) is 1. The lowest BCUT2D eigenvalue weighted by Crippen LogP contribution is -2.28. The molecule has 1 fully saturated rings. The molecule has 2 heterocycles. The van der Waals surface area contributed by atoms with Crippen LogP contribution in [0.3, 0.4) is 0 Å². The van der Waals surface area contributed by atoms with Crippen molar-refractivity contribution in [2.24, 2.45) is 0 Å². The highest BCUT2D eigenvalue weighted by molar-refractivity contribution is 7.13. The molecule has 90 valence electrons. The molecule has 3 nitrogen and oxygen atoms in total. The molecule has 1 aromatic rings. The first-order valence-electron chi connectivity index (χ1n) is 5.30.